The highest BCUT2D eigenvalue weighted by atomic mass is 79.9. The minimum Gasteiger partial charge on any atom is -0.458 e. The normalized spacial score (nSPS) is 69.9. The van der Waals surface area contributed by atoms with Crippen molar-refractivity contribution in [2.75, 3.05) is 13.2 Å². The Labute approximate surface area is 112 Å². The largest absolute Gasteiger partial charge is 0.458 e. The summed E-state index contributed by atoms with van der Waals surface area (Å²) in [5.41, 5.74) is -0.109. The van der Waals surface area contributed by atoms with Gasteiger partial charge < -0.3 is 14.2 Å². The molecule has 7 rings (SSSR count). The maximum absolute atomic E-state index is 11.3. The van der Waals surface area contributed by atoms with Gasteiger partial charge in [-0.1, -0.05) is 15.9 Å². The Hall–Kier alpha value is -0.130. The molecular weight excluding hydrogens is 300 g/mol. The van der Waals surface area contributed by atoms with E-state index in [1.807, 2.05) is 0 Å². The number of rotatable bonds is 1. The van der Waals surface area contributed by atoms with E-state index in [1.165, 1.54) is 6.92 Å². The molecule has 0 radical (unpaired) electrons. The van der Waals surface area contributed by atoms with Crippen molar-refractivity contribution >= 4 is 21.9 Å². The Morgan fingerprint density at radius 1 is 1.11 bits per heavy atom. The van der Waals surface area contributed by atoms with E-state index in [9.17, 15) is 4.79 Å². The molecule has 0 aromatic carbocycles. The first-order valence-electron chi connectivity index (χ1n) is 6.77. The smallest absolute Gasteiger partial charge is 0.303 e. The monoisotopic (exact) mass is 312 g/mol. The van der Waals surface area contributed by atoms with Crippen LogP contribution < -0.4 is 0 Å². The van der Waals surface area contributed by atoms with Crippen LogP contribution in [0.2, 0.25) is 0 Å². The van der Waals surface area contributed by atoms with Gasteiger partial charge in [-0.25, -0.2) is 0 Å². The lowest BCUT2D eigenvalue weighted by Gasteiger charge is -2.89. The molecule has 7 aliphatic rings. The average Bonchev–Trinajstić information content (AvgIpc) is 2.86. The van der Waals surface area contributed by atoms with E-state index in [0.29, 0.717) is 48.7 Å². The zero-order valence-electron chi connectivity index (χ0n) is 9.89. The molecule has 1 heterocycles. The molecule has 0 aromatic heterocycles. The number of esters is 1. The Morgan fingerprint density at radius 2 is 1.67 bits per heavy atom. The Balaban J connectivity index is 1.49. The molecule has 0 amide bonds. The molecule has 6 aliphatic carbocycles. The third-order valence-corrected chi connectivity index (χ3v) is 8.47. The molecule has 1 saturated heterocycles. The van der Waals surface area contributed by atoms with Gasteiger partial charge in [-0.15, -0.1) is 0 Å². The number of carbonyl (C=O) groups excluding carboxylic acids is 1. The van der Waals surface area contributed by atoms with Gasteiger partial charge in [0.1, 0.15) is 5.60 Å². The van der Waals surface area contributed by atoms with Crippen LogP contribution in [0, 0.1) is 35.5 Å². The van der Waals surface area contributed by atoms with E-state index < -0.39 is 5.79 Å². The van der Waals surface area contributed by atoms with Gasteiger partial charge in [0.2, 0.25) is 0 Å². The summed E-state index contributed by atoms with van der Waals surface area (Å²) in [4.78, 5) is 11.3. The summed E-state index contributed by atoms with van der Waals surface area (Å²) in [7, 11) is 0. The van der Waals surface area contributed by atoms with Crippen molar-refractivity contribution in [3.05, 3.63) is 0 Å². The predicted molar refractivity (Wildman–Crippen MR) is 61.7 cm³/mol. The van der Waals surface area contributed by atoms with Gasteiger partial charge in [0.05, 0.1) is 17.5 Å². The predicted octanol–water partition coefficient (Wildman–Crippen LogP) is 0.930. The average molecular weight is 313 g/mol. The fourth-order valence-corrected chi connectivity index (χ4v) is 8.60. The van der Waals surface area contributed by atoms with Gasteiger partial charge in [-0.3, -0.25) is 4.79 Å². The number of ether oxygens (including phenoxy) is 3. The first-order valence-corrected chi connectivity index (χ1v) is 7.56. The lowest BCUT2D eigenvalue weighted by molar-refractivity contribution is -0.459. The minimum atomic E-state index is -0.395. The minimum absolute atomic E-state index is 0.0308. The van der Waals surface area contributed by atoms with E-state index in [0.717, 1.165) is 0 Å². The first-order chi connectivity index (χ1) is 8.61. The summed E-state index contributed by atoms with van der Waals surface area (Å²) < 4.78 is 17.8. The molecule has 1 aliphatic heterocycles. The second-order valence-corrected chi connectivity index (χ2v) is 8.05. The third kappa shape index (κ3) is 0.511. The molecule has 1 spiro atoms. The van der Waals surface area contributed by atoms with Gasteiger partial charge in [0.25, 0.3) is 0 Å². The Kier molecular flexibility index (Phi) is 1.19. The highest BCUT2D eigenvalue weighted by Crippen LogP contribution is 3.02. The number of halogens is 1. The van der Waals surface area contributed by atoms with Crippen LogP contribution in [-0.2, 0) is 19.0 Å². The number of carbonyl (C=O) groups is 1. The van der Waals surface area contributed by atoms with Crippen LogP contribution in [0.25, 0.3) is 0 Å². The molecular formula is C13H13BrO4. The van der Waals surface area contributed by atoms with Crippen molar-refractivity contribution in [3.8, 4) is 0 Å². The molecule has 96 valence electrons. The lowest BCUT2D eigenvalue weighted by atomic mass is 9.17. The first kappa shape index (κ1) is 9.72. The molecule has 18 heavy (non-hydrogen) atoms. The molecule has 8 atom stereocenters. The second kappa shape index (κ2) is 2.21. The van der Waals surface area contributed by atoms with E-state index in [4.69, 9.17) is 14.2 Å². The molecule has 5 heteroatoms. The topological polar surface area (TPSA) is 44.8 Å². The van der Waals surface area contributed by atoms with E-state index in [2.05, 4.69) is 15.9 Å². The molecule has 0 aromatic rings. The number of hydrogen-bond acceptors (Lipinski definition) is 4. The van der Waals surface area contributed by atoms with Crippen molar-refractivity contribution in [1.82, 2.24) is 0 Å². The molecule has 4 unspecified atom stereocenters. The maximum atomic E-state index is 11.3. The van der Waals surface area contributed by atoms with Crippen LogP contribution in [0.3, 0.4) is 0 Å². The number of alkyl halides is 1. The Bertz CT molecular complexity index is 505. The van der Waals surface area contributed by atoms with Crippen LogP contribution in [0.15, 0.2) is 0 Å². The van der Waals surface area contributed by atoms with Crippen molar-refractivity contribution in [1.29, 1.82) is 0 Å². The molecule has 4 nitrogen and oxygen atoms in total. The molecule has 6 saturated carbocycles. The summed E-state index contributed by atoms with van der Waals surface area (Å²) >= 11 is 3.97. The summed E-state index contributed by atoms with van der Waals surface area (Å²) in [6.07, 6.45) is 0. The van der Waals surface area contributed by atoms with Gasteiger partial charge in [0, 0.05) is 30.6 Å². The van der Waals surface area contributed by atoms with Crippen LogP contribution in [0.4, 0.5) is 0 Å². The summed E-state index contributed by atoms with van der Waals surface area (Å²) in [5.74, 6) is 2.70. The highest BCUT2D eigenvalue weighted by molar-refractivity contribution is 9.10. The van der Waals surface area contributed by atoms with Gasteiger partial charge in [-0.2, -0.15) is 0 Å². The Morgan fingerprint density at radius 3 is 2.22 bits per heavy atom. The lowest BCUT2D eigenvalue weighted by Crippen LogP contribution is -2.96. The van der Waals surface area contributed by atoms with Gasteiger partial charge in [-0.05, 0) is 11.8 Å². The van der Waals surface area contributed by atoms with E-state index >= 15 is 0 Å². The van der Waals surface area contributed by atoms with Crippen molar-refractivity contribution in [2.45, 2.75) is 22.6 Å². The third-order valence-electron chi connectivity index (χ3n) is 6.86. The SMILES string of the molecule is CC(=O)OC12C3[C@@H]4[C@H]1C1[C@H]2[C@H]3C4(Br)C12OCCO2. The highest BCUT2D eigenvalue weighted by Gasteiger charge is 3.10. The van der Waals surface area contributed by atoms with Crippen LogP contribution >= 0.6 is 15.9 Å². The van der Waals surface area contributed by atoms with Crippen molar-refractivity contribution < 1.29 is 19.0 Å². The quantitative estimate of drug-likeness (QED) is 0.534. The standard InChI is InChI=1S/C13H13BrO4/c1-4(15)18-11-5-8-6(11)10-7(11)9(5)12(8,14)13(10)16-2-3-17-13/h5-10H,2-3H2,1H3/t5?,6-,7+,8+,9-,10?,11?,12?. The summed E-state index contributed by atoms with van der Waals surface area (Å²) in [5, 5.41) is 0. The van der Waals surface area contributed by atoms with Crippen molar-refractivity contribution in [2.24, 2.45) is 35.5 Å². The summed E-state index contributed by atoms with van der Waals surface area (Å²) in [6, 6.07) is 0. The van der Waals surface area contributed by atoms with Crippen molar-refractivity contribution in [3.63, 3.8) is 0 Å². The van der Waals surface area contributed by atoms with Crippen LogP contribution in [0.5, 0.6) is 0 Å². The van der Waals surface area contributed by atoms with Gasteiger partial charge in [0.15, 0.2) is 5.79 Å². The van der Waals surface area contributed by atoms with E-state index in [-0.39, 0.29) is 15.9 Å². The zero-order valence-corrected chi connectivity index (χ0v) is 11.5. The number of hydrogen-bond donors (Lipinski definition) is 0. The molecule has 2 bridgehead atoms. The zero-order chi connectivity index (χ0) is 12.1. The molecule has 7 fully saturated rings. The molecule has 0 N–H and O–H groups in total. The van der Waals surface area contributed by atoms with Crippen LogP contribution in [-0.4, -0.2) is 34.9 Å². The van der Waals surface area contributed by atoms with Gasteiger partial charge >= 0.3 is 5.97 Å². The fraction of sp³-hybridized carbons (Fsp3) is 0.923. The van der Waals surface area contributed by atoms with Crippen LogP contribution in [0.1, 0.15) is 6.92 Å². The second-order valence-electron chi connectivity index (χ2n) is 6.73. The van der Waals surface area contributed by atoms with E-state index in [1.54, 1.807) is 0 Å². The summed E-state index contributed by atoms with van der Waals surface area (Å²) in [6.45, 7) is 2.93. The maximum Gasteiger partial charge on any atom is 0.303 e. The fourth-order valence-electron chi connectivity index (χ4n) is 6.97.